The molecule has 1 rings (SSSR count). The molecule has 0 unspecified atom stereocenters. The second-order valence-corrected chi connectivity index (χ2v) is 2.99. The molecule has 0 spiro atoms. The Morgan fingerprint density at radius 1 is 1.90 bits per heavy atom. The third-order valence-corrected chi connectivity index (χ3v) is 1.65. The molecule has 0 bridgehead atoms. The zero-order valence-electron chi connectivity index (χ0n) is 5.43. The monoisotopic (exact) mass is 250 g/mol. The highest BCUT2D eigenvalue weighted by atomic mass is 127. The molecule has 10 heavy (non-hydrogen) atoms. The first-order valence-corrected chi connectivity index (χ1v) is 3.73. The van der Waals surface area contributed by atoms with Crippen molar-refractivity contribution in [2.75, 3.05) is 0 Å². The predicted octanol–water partition coefficient (Wildman–Crippen LogP) is 0.309. The van der Waals surface area contributed by atoms with Gasteiger partial charge >= 0.3 is 0 Å². The van der Waals surface area contributed by atoms with E-state index in [0.29, 0.717) is 5.69 Å². The highest BCUT2D eigenvalue weighted by molar-refractivity contribution is 14.1. The van der Waals surface area contributed by atoms with E-state index < -0.39 is 0 Å². The van der Waals surface area contributed by atoms with Crippen molar-refractivity contribution in [3.05, 3.63) is 15.5 Å². The van der Waals surface area contributed by atoms with Gasteiger partial charge in [0.15, 0.2) is 0 Å². The Labute approximate surface area is 72.1 Å². The molecule has 0 amide bonds. The summed E-state index contributed by atoms with van der Waals surface area (Å²) in [6.07, 6.45) is 0. The van der Waals surface area contributed by atoms with Crippen LogP contribution in [0.3, 0.4) is 0 Å². The van der Waals surface area contributed by atoms with Crippen LogP contribution in [0.4, 0.5) is 0 Å². The first-order chi connectivity index (χ1) is 4.61. The second kappa shape index (κ2) is 2.57. The summed E-state index contributed by atoms with van der Waals surface area (Å²) in [5.74, 6) is 0.0536. The van der Waals surface area contributed by atoms with Crippen LogP contribution in [0.1, 0.15) is 5.69 Å². The fraction of sp³-hybridized carbons (Fsp3) is 0.200. The summed E-state index contributed by atoms with van der Waals surface area (Å²) in [5.41, 5.74) is 5.90. The number of nitrogen functional groups attached to an aromatic ring is 1. The summed E-state index contributed by atoms with van der Waals surface area (Å²) in [6.45, 7) is 0. The van der Waals surface area contributed by atoms with Gasteiger partial charge in [-0.1, -0.05) is 0 Å². The van der Waals surface area contributed by atoms with Crippen LogP contribution < -0.4 is 5.73 Å². The van der Waals surface area contributed by atoms with E-state index in [2.05, 4.69) is 27.7 Å². The van der Waals surface area contributed by atoms with Gasteiger partial charge in [-0.2, -0.15) is 5.10 Å². The minimum atomic E-state index is 0.0536. The van der Waals surface area contributed by atoms with E-state index in [1.807, 2.05) is 0 Å². The molecule has 0 aliphatic heterocycles. The zero-order chi connectivity index (χ0) is 7.72. The zero-order valence-corrected chi connectivity index (χ0v) is 7.58. The SMILES string of the molecule is Cn1nc(I)cc1C(=N)N. The summed E-state index contributed by atoms with van der Waals surface area (Å²) in [4.78, 5) is 0. The van der Waals surface area contributed by atoms with Crippen LogP contribution in [0.2, 0.25) is 0 Å². The van der Waals surface area contributed by atoms with E-state index in [1.165, 1.54) is 0 Å². The van der Waals surface area contributed by atoms with Gasteiger partial charge < -0.3 is 5.73 Å². The maximum atomic E-state index is 7.10. The topological polar surface area (TPSA) is 67.7 Å². The van der Waals surface area contributed by atoms with Crippen LogP contribution >= 0.6 is 22.6 Å². The van der Waals surface area contributed by atoms with Crippen LogP contribution in [-0.2, 0) is 7.05 Å². The van der Waals surface area contributed by atoms with Gasteiger partial charge in [-0.25, -0.2) is 0 Å². The lowest BCUT2D eigenvalue weighted by molar-refractivity contribution is 0.751. The molecule has 1 heterocycles. The fourth-order valence-electron chi connectivity index (χ4n) is 0.684. The Balaban J connectivity index is 3.15. The van der Waals surface area contributed by atoms with Crippen LogP contribution in [-0.4, -0.2) is 15.6 Å². The summed E-state index contributed by atoms with van der Waals surface area (Å²) >= 11 is 2.08. The maximum absolute atomic E-state index is 7.10. The molecule has 0 saturated carbocycles. The van der Waals surface area contributed by atoms with Crippen LogP contribution in [0.5, 0.6) is 0 Å². The lowest BCUT2D eigenvalue weighted by atomic mass is 10.4. The maximum Gasteiger partial charge on any atom is 0.141 e. The largest absolute Gasteiger partial charge is 0.382 e. The Bertz CT molecular complexity index is 265. The minimum Gasteiger partial charge on any atom is -0.382 e. The van der Waals surface area contributed by atoms with E-state index in [4.69, 9.17) is 11.1 Å². The number of halogens is 1. The van der Waals surface area contributed by atoms with E-state index in [0.717, 1.165) is 3.70 Å². The molecule has 1 aromatic rings. The van der Waals surface area contributed by atoms with Crippen molar-refractivity contribution in [1.82, 2.24) is 9.78 Å². The second-order valence-electron chi connectivity index (χ2n) is 1.89. The Morgan fingerprint density at radius 2 is 2.50 bits per heavy atom. The van der Waals surface area contributed by atoms with Gasteiger partial charge in [-0.3, -0.25) is 10.1 Å². The summed E-state index contributed by atoms with van der Waals surface area (Å²) < 4.78 is 2.44. The highest BCUT2D eigenvalue weighted by Crippen LogP contribution is 2.03. The van der Waals surface area contributed by atoms with E-state index in [9.17, 15) is 0 Å². The third-order valence-electron chi connectivity index (χ3n) is 1.13. The molecule has 0 aromatic carbocycles. The van der Waals surface area contributed by atoms with E-state index in [1.54, 1.807) is 17.8 Å². The Hall–Kier alpha value is -0.590. The summed E-state index contributed by atoms with van der Waals surface area (Å²) in [7, 11) is 1.76. The molecule has 1 aromatic heterocycles. The molecule has 4 nitrogen and oxygen atoms in total. The number of hydrogen-bond donors (Lipinski definition) is 2. The first kappa shape index (κ1) is 7.52. The Kier molecular flexibility index (Phi) is 1.93. The van der Waals surface area contributed by atoms with Crippen LogP contribution in [0.15, 0.2) is 6.07 Å². The molecule has 0 atom stereocenters. The number of aromatic nitrogens is 2. The number of nitrogens with two attached hydrogens (primary N) is 1. The summed E-state index contributed by atoms with van der Waals surface area (Å²) in [5, 5.41) is 11.1. The Morgan fingerprint density at radius 3 is 2.70 bits per heavy atom. The van der Waals surface area contributed by atoms with Gasteiger partial charge in [0.05, 0.1) is 0 Å². The first-order valence-electron chi connectivity index (χ1n) is 2.65. The van der Waals surface area contributed by atoms with Crippen molar-refractivity contribution in [3.8, 4) is 0 Å². The molecule has 0 saturated heterocycles. The predicted molar refractivity (Wildman–Crippen MR) is 46.9 cm³/mol. The minimum absolute atomic E-state index is 0.0536. The molecule has 0 aliphatic carbocycles. The molecule has 54 valence electrons. The van der Waals surface area contributed by atoms with Crippen LogP contribution in [0, 0.1) is 9.11 Å². The van der Waals surface area contributed by atoms with Crippen LogP contribution in [0.25, 0.3) is 0 Å². The number of rotatable bonds is 1. The normalized spacial score (nSPS) is 9.80. The molecule has 3 N–H and O–H groups in total. The van der Waals surface area contributed by atoms with Crippen molar-refractivity contribution >= 4 is 28.4 Å². The van der Waals surface area contributed by atoms with Crippen molar-refractivity contribution in [1.29, 1.82) is 5.41 Å². The van der Waals surface area contributed by atoms with Crippen molar-refractivity contribution in [2.24, 2.45) is 12.8 Å². The van der Waals surface area contributed by atoms with E-state index in [-0.39, 0.29) is 5.84 Å². The molecule has 0 radical (unpaired) electrons. The van der Waals surface area contributed by atoms with Crippen molar-refractivity contribution in [3.63, 3.8) is 0 Å². The lowest BCUT2D eigenvalue weighted by Crippen LogP contribution is -2.15. The summed E-state index contributed by atoms with van der Waals surface area (Å²) in [6, 6.07) is 1.77. The third kappa shape index (κ3) is 1.28. The molecular formula is C5H7IN4. The highest BCUT2D eigenvalue weighted by Gasteiger charge is 2.03. The van der Waals surface area contributed by atoms with Gasteiger partial charge in [-0.05, 0) is 22.6 Å². The van der Waals surface area contributed by atoms with Crippen molar-refractivity contribution in [2.45, 2.75) is 0 Å². The van der Waals surface area contributed by atoms with Gasteiger partial charge in [-0.15, -0.1) is 0 Å². The molecule has 5 heteroatoms. The molecule has 0 aliphatic rings. The average Bonchev–Trinajstić information content (AvgIpc) is 2.10. The molecule has 0 fully saturated rings. The number of aryl methyl sites for hydroxylation is 1. The van der Waals surface area contributed by atoms with Gasteiger partial charge in [0.2, 0.25) is 0 Å². The average molecular weight is 250 g/mol. The molecular weight excluding hydrogens is 243 g/mol. The van der Waals surface area contributed by atoms with Crippen molar-refractivity contribution < 1.29 is 0 Å². The number of amidine groups is 1. The fourth-order valence-corrected chi connectivity index (χ4v) is 1.30. The van der Waals surface area contributed by atoms with Gasteiger partial charge in [0.1, 0.15) is 15.2 Å². The quantitative estimate of drug-likeness (QED) is 0.428. The number of hydrogen-bond acceptors (Lipinski definition) is 2. The standard InChI is InChI=1S/C5H7IN4/c1-10-3(5(7)8)2-4(6)9-10/h2H,1H3,(H3,7,8). The van der Waals surface area contributed by atoms with Gasteiger partial charge in [0.25, 0.3) is 0 Å². The van der Waals surface area contributed by atoms with Gasteiger partial charge in [0, 0.05) is 13.1 Å². The number of nitrogens with one attached hydrogen (secondary N) is 1. The number of nitrogens with zero attached hydrogens (tertiary/aromatic N) is 2. The smallest absolute Gasteiger partial charge is 0.141 e. The van der Waals surface area contributed by atoms with E-state index >= 15 is 0 Å². The lowest BCUT2D eigenvalue weighted by Gasteiger charge is -1.94.